The van der Waals surface area contributed by atoms with Crippen molar-refractivity contribution in [3.8, 4) is 17.5 Å². The molecule has 1 amide bonds. The molecule has 3 rings (SSSR count). The lowest BCUT2D eigenvalue weighted by molar-refractivity contribution is -0.137. The lowest BCUT2D eigenvalue weighted by atomic mass is 10.1. The second-order valence-electron chi connectivity index (χ2n) is 6.17. The van der Waals surface area contributed by atoms with Crippen LogP contribution in [0.25, 0.3) is 11.4 Å². The predicted octanol–water partition coefficient (Wildman–Crippen LogP) is 3.32. The number of benzene rings is 1. The maximum Gasteiger partial charge on any atom is 0.417 e. The number of anilines is 1. The Balaban J connectivity index is 1.79. The third-order valence-electron chi connectivity index (χ3n) is 4.27. The van der Waals surface area contributed by atoms with Crippen LogP contribution in [0.2, 0.25) is 5.02 Å². The van der Waals surface area contributed by atoms with Crippen molar-refractivity contribution in [1.29, 1.82) is 5.26 Å². The highest BCUT2D eigenvalue weighted by Gasteiger charge is 2.50. The predicted molar refractivity (Wildman–Crippen MR) is 91.0 cm³/mol. The number of nitrogens with one attached hydrogen (secondary N) is 1. The Bertz CT molecular complexity index is 951. The molecule has 0 aliphatic heterocycles. The summed E-state index contributed by atoms with van der Waals surface area (Å²) in [5.41, 5.74) is 4.38. The molecule has 27 heavy (non-hydrogen) atoms. The summed E-state index contributed by atoms with van der Waals surface area (Å²) in [6.07, 6.45) is -2.26. The van der Waals surface area contributed by atoms with Gasteiger partial charge in [-0.05, 0) is 31.0 Å². The number of nitrogens with zero attached hydrogens (tertiary/aromatic N) is 3. The standard InChI is InChI=1S/C17H13ClF3N5O/c18-12-2-1-9(5-11(12)17(19,20)21)14-24-6-10(13(23)26-14)7-25-15(27)16(8-22)3-4-16/h1-2,5-6H,3-4,7H2,(H,25,27)(H2,23,24,26). The average Bonchev–Trinajstić information content (AvgIpc) is 3.41. The molecule has 2 aromatic rings. The summed E-state index contributed by atoms with van der Waals surface area (Å²) in [6, 6.07) is 5.30. The number of nitrogen functional groups attached to an aromatic ring is 1. The van der Waals surface area contributed by atoms with Gasteiger partial charge in [0.15, 0.2) is 5.82 Å². The zero-order valence-corrected chi connectivity index (χ0v) is 14.5. The first kappa shape index (κ1) is 18.9. The number of rotatable bonds is 4. The SMILES string of the molecule is N#CC1(C(=O)NCc2cnc(-c3ccc(Cl)c(C(F)(F)F)c3)nc2N)CC1. The Labute approximate surface area is 157 Å². The fraction of sp³-hybridized carbons (Fsp3) is 0.294. The second kappa shape index (κ2) is 6.70. The number of halogens is 4. The quantitative estimate of drug-likeness (QED) is 0.826. The van der Waals surface area contributed by atoms with Gasteiger partial charge in [-0.1, -0.05) is 11.6 Å². The number of nitrogens with two attached hydrogens (primary N) is 1. The summed E-state index contributed by atoms with van der Waals surface area (Å²) in [5.74, 6) is -0.368. The molecule has 10 heteroatoms. The lowest BCUT2D eigenvalue weighted by Crippen LogP contribution is -2.31. The maximum absolute atomic E-state index is 13.0. The van der Waals surface area contributed by atoms with E-state index in [1.54, 1.807) is 0 Å². The molecule has 3 N–H and O–H groups in total. The molecule has 6 nitrogen and oxygen atoms in total. The molecule has 1 aliphatic rings. The van der Waals surface area contributed by atoms with Gasteiger partial charge >= 0.3 is 6.18 Å². The van der Waals surface area contributed by atoms with Crippen LogP contribution in [-0.2, 0) is 17.5 Å². The lowest BCUT2D eigenvalue weighted by Gasteiger charge is -2.12. The minimum Gasteiger partial charge on any atom is -0.383 e. The minimum atomic E-state index is -4.61. The van der Waals surface area contributed by atoms with Gasteiger partial charge < -0.3 is 11.1 Å². The summed E-state index contributed by atoms with van der Waals surface area (Å²) in [4.78, 5) is 20.0. The van der Waals surface area contributed by atoms with Gasteiger partial charge in [0.2, 0.25) is 5.91 Å². The number of hydrogen-bond donors (Lipinski definition) is 2. The van der Waals surface area contributed by atoms with Crippen LogP contribution in [0, 0.1) is 16.7 Å². The van der Waals surface area contributed by atoms with Gasteiger partial charge in [0, 0.05) is 23.9 Å². The van der Waals surface area contributed by atoms with Crippen molar-refractivity contribution in [2.75, 3.05) is 5.73 Å². The van der Waals surface area contributed by atoms with E-state index in [4.69, 9.17) is 22.6 Å². The van der Waals surface area contributed by atoms with Crippen LogP contribution in [0.1, 0.15) is 24.0 Å². The molecular formula is C17H13ClF3N5O. The van der Waals surface area contributed by atoms with Gasteiger partial charge in [-0.2, -0.15) is 18.4 Å². The third-order valence-corrected chi connectivity index (χ3v) is 4.60. The highest BCUT2D eigenvalue weighted by molar-refractivity contribution is 6.31. The molecule has 1 aromatic carbocycles. The van der Waals surface area contributed by atoms with Crippen molar-refractivity contribution in [3.05, 3.63) is 40.5 Å². The smallest absolute Gasteiger partial charge is 0.383 e. The summed E-state index contributed by atoms with van der Waals surface area (Å²) in [6.45, 7) is 0.0167. The van der Waals surface area contributed by atoms with Crippen LogP contribution in [0.3, 0.4) is 0 Å². The topological polar surface area (TPSA) is 105 Å². The Morgan fingerprint density at radius 3 is 2.67 bits per heavy atom. The number of carbonyl (C=O) groups is 1. The van der Waals surface area contributed by atoms with Gasteiger partial charge in [0.25, 0.3) is 0 Å². The highest BCUT2D eigenvalue weighted by atomic mass is 35.5. The Morgan fingerprint density at radius 1 is 1.41 bits per heavy atom. The Kier molecular flexibility index (Phi) is 4.70. The molecule has 1 aliphatic carbocycles. The summed E-state index contributed by atoms with van der Waals surface area (Å²) < 4.78 is 38.9. The van der Waals surface area contributed by atoms with Crippen LogP contribution in [0.5, 0.6) is 0 Å². The molecule has 1 heterocycles. The van der Waals surface area contributed by atoms with Crippen molar-refractivity contribution in [2.45, 2.75) is 25.6 Å². The molecule has 1 saturated carbocycles. The van der Waals surface area contributed by atoms with E-state index in [0.29, 0.717) is 18.4 Å². The monoisotopic (exact) mass is 395 g/mol. The van der Waals surface area contributed by atoms with E-state index in [2.05, 4.69) is 15.3 Å². The maximum atomic E-state index is 13.0. The minimum absolute atomic E-state index is 0.000399. The molecular weight excluding hydrogens is 383 g/mol. The van der Waals surface area contributed by atoms with Gasteiger partial charge in [0.1, 0.15) is 11.2 Å². The van der Waals surface area contributed by atoms with Crippen molar-refractivity contribution < 1.29 is 18.0 Å². The Hall–Kier alpha value is -2.86. The summed E-state index contributed by atoms with van der Waals surface area (Å²) >= 11 is 5.60. The summed E-state index contributed by atoms with van der Waals surface area (Å²) in [7, 11) is 0. The fourth-order valence-electron chi connectivity index (χ4n) is 2.44. The fourth-order valence-corrected chi connectivity index (χ4v) is 2.66. The van der Waals surface area contributed by atoms with Crippen molar-refractivity contribution >= 4 is 23.3 Å². The molecule has 1 fully saturated rings. The van der Waals surface area contributed by atoms with Gasteiger partial charge in [-0.15, -0.1) is 0 Å². The zero-order chi connectivity index (χ0) is 19.8. The number of nitriles is 1. The second-order valence-corrected chi connectivity index (χ2v) is 6.58. The van der Waals surface area contributed by atoms with E-state index in [1.807, 2.05) is 6.07 Å². The molecule has 0 spiro atoms. The Morgan fingerprint density at radius 2 is 2.11 bits per heavy atom. The van der Waals surface area contributed by atoms with E-state index in [9.17, 15) is 18.0 Å². The van der Waals surface area contributed by atoms with Crippen LogP contribution < -0.4 is 11.1 Å². The van der Waals surface area contributed by atoms with Crippen LogP contribution in [0.4, 0.5) is 19.0 Å². The van der Waals surface area contributed by atoms with E-state index in [-0.39, 0.29) is 29.7 Å². The molecule has 0 saturated heterocycles. The summed E-state index contributed by atoms with van der Waals surface area (Å²) in [5, 5.41) is 11.2. The number of carbonyl (C=O) groups excluding carboxylic acids is 1. The van der Waals surface area contributed by atoms with Gasteiger partial charge in [-0.25, -0.2) is 9.97 Å². The number of alkyl halides is 3. The van der Waals surface area contributed by atoms with Crippen LogP contribution >= 0.6 is 11.6 Å². The van der Waals surface area contributed by atoms with Crippen molar-refractivity contribution in [2.24, 2.45) is 5.41 Å². The molecule has 0 unspecified atom stereocenters. The van der Waals surface area contributed by atoms with E-state index in [0.717, 1.165) is 12.1 Å². The zero-order valence-electron chi connectivity index (χ0n) is 13.8. The number of hydrogen-bond acceptors (Lipinski definition) is 5. The molecule has 140 valence electrons. The van der Waals surface area contributed by atoms with Crippen molar-refractivity contribution in [3.63, 3.8) is 0 Å². The first-order chi connectivity index (χ1) is 12.7. The molecule has 0 bridgehead atoms. The highest BCUT2D eigenvalue weighted by Crippen LogP contribution is 2.45. The van der Waals surface area contributed by atoms with Crippen molar-refractivity contribution in [1.82, 2.24) is 15.3 Å². The normalized spacial score (nSPS) is 15.1. The average molecular weight is 396 g/mol. The van der Waals surface area contributed by atoms with E-state index >= 15 is 0 Å². The molecule has 0 atom stereocenters. The van der Waals surface area contributed by atoms with Gasteiger partial charge in [-0.3, -0.25) is 4.79 Å². The van der Waals surface area contributed by atoms with Crippen LogP contribution in [0.15, 0.2) is 24.4 Å². The third kappa shape index (κ3) is 3.80. The van der Waals surface area contributed by atoms with Crippen LogP contribution in [-0.4, -0.2) is 15.9 Å². The van der Waals surface area contributed by atoms with E-state index < -0.39 is 22.2 Å². The molecule has 1 aromatic heterocycles. The van der Waals surface area contributed by atoms with Gasteiger partial charge in [0.05, 0.1) is 16.7 Å². The first-order valence-corrected chi connectivity index (χ1v) is 8.22. The largest absolute Gasteiger partial charge is 0.417 e. The van der Waals surface area contributed by atoms with E-state index in [1.165, 1.54) is 12.3 Å². The number of aromatic nitrogens is 2. The number of amides is 1. The first-order valence-electron chi connectivity index (χ1n) is 7.84. The molecule has 0 radical (unpaired) electrons.